The lowest BCUT2D eigenvalue weighted by Crippen LogP contribution is -2.17. The number of sulfonamides is 1. The minimum absolute atomic E-state index is 0.0541. The molecule has 2 aromatic carbocycles. The molecular weight excluding hydrogens is 336 g/mol. The molecule has 0 bridgehead atoms. The zero-order valence-electron chi connectivity index (χ0n) is 14.2. The van der Waals surface area contributed by atoms with E-state index in [0.29, 0.717) is 17.7 Å². The van der Waals surface area contributed by atoms with E-state index < -0.39 is 10.0 Å². The van der Waals surface area contributed by atoms with Gasteiger partial charge in [0.1, 0.15) is 0 Å². The van der Waals surface area contributed by atoms with Gasteiger partial charge in [-0.15, -0.1) is 0 Å². The molecule has 25 heavy (non-hydrogen) atoms. The van der Waals surface area contributed by atoms with Crippen LogP contribution in [0.4, 0.5) is 11.4 Å². The average Bonchev–Trinajstić information content (AvgIpc) is 3.02. The first-order chi connectivity index (χ1) is 12.0. The lowest BCUT2D eigenvalue weighted by Gasteiger charge is -2.10. The highest BCUT2D eigenvalue weighted by atomic mass is 32.2. The zero-order chi connectivity index (χ0) is 17.9. The van der Waals surface area contributed by atoms with Gasteiger partial charge in [0.15, 0.2) is 0 Å². The van der Waals surface area contributed by atoms with Crippen molar-refractivity contribution in [1.29, 1.82) is 0 Å². The summed E-state index contributed by atoms with van der Waals surface area (Å²) in [6.45, 7) is 1.81. The van der Waals surface area contributed by atoms with E-state index in [1.54, 1.807) is 31.2 Å². The molecular formula is C19H22N2O3S. The van der Waals surface area contributed by atoms with Crippen molar-refractivity contribution in [3.63, 3.8) is 0 Å². The fourth-order valence-corrected chi connectivity index (χ4v) is 4.20. The molecule has 0 saturated carbocycles. The number of benzene rings is 2. The topological polar surface area (TPSA) is 75.3 Å². The fraction of sp³-hybridized carbons (Fsp3) is 0.316. The van der Waals surface area contributed by atoms with E-state index in [4.69, 9.17) is 0 Å². The molecule has 1 amide bonds. The number of anilines is 2. The highest BCUT2D eigenvalue weighted by molar-refractivity contribution is 7.92. The van der Waals surface area contributed by atoms with E-state index in [9.17, 15) is 13.2 Å². The maximum atomic E-state index is 12.5. The highest BCUT2D eigenvalue weighted by Gasteiger charge is 2.14. The third-order valence-electron chi connectivity index (χ3n) is 4.23. The first-order valence-electron chi connectivity index (χ1n) is 8.50. The van der Waals surface area contributed by atoms with Crippen LogP contribution in [-0.4, -0.2) is 20.1 Å². The highest BCUT2D eigenvalue weighted by Crippen LogP contribution is 2.25. The van der Waals surface area contributed by atoms with Gasteiger partial charge in [-0.3, -0.25) is 9.52 Å². The van der Waals surface area contributed by atoms with E-state index >= 15 is 0 Å². The molecule has 1 aliphatic rings. The Hall–Kier alpha value is -2.34. The zero-order valence-corrected chi connectivity index (χ0v) is 15.0. The van der Waals surface area contributed by atoms with Crippen molar-refractivity contribution in [2.24, 2.45) is 0 Å². The average molecular weight is 358 g/mol. The summed E-state index contributed by atoms with van der Waals surface area (Å²) < 4.78 is 26.2. The number of hydrogen-bond donors (Lipinski definition) is 2. The van der Waals surface area contributed by atoms with E-state index in [1.807, 2.05) is 12.1 Å². The Morgan fingerprint density at radius 1 is 1.04 bits per heavy atom. The van der Waals surface area contributed by atoms with Gasteiger partial charge >= 0.3 is 0 Å². The van der Waals surface area contributed by atoms with E-state index in [-0.39, 0.29) is 11.7 Å². The summed E-state index contributed by atoms with van der Waals surface area (Å²) in [5.74, 6) is -0.201. The molecule has 0 aliphatic heterocycles. The molecule has 0 unspecified atom stereocenters. The van der Waals surface area contributed by atoms with Crippen LogP contribution in [0.3, 0.4) is 0 Å². The second-order valence-electron chi connectivity index (χ2n) is 6.29. The van der Waals surface area contributed by atoms with Gasteiger partial charge in [0.2, 0.25) is 10.0 Å². The van der Waals surface area contributed by atoms with Crippen LogP contribution in [0.25, 0.3) is 0 Å². The van der Waals surface area contributed by atoms with Crippen LogP contribution < -0.4 is 10.0 Å². The summed E-state index contributed by atoms with van der Waals surface area (Å²) >= 11 is 0. The minimum atomic E-state index is -3.37. The van der Waals surface area contributed by atoms with Gasteiger partial charge in [0, 0.05) is 16.9 Å². The van der Waals surface area contributed by atoms with Crippen LogP contribution in [0, 0.1) is 0 Å². The molecule has 3 rings (SSSR count). The number of carbonyl (C=O) groups is 1. The maximum absolute atomic E-state index is 12.5. The molecule has 2 aromatic rings. The minimum Gasteiger partial charge on any atom is -0.322 e. The Bertz CT molecular complexity index is 891. The molecule has 0 atom stereocenters. The molecule has 0 aromatic heterocycles. The lowest BCUT2D eigenvalue weighted by molar-refractivity contribution is 0.102. The molecule has 132 valence electrons. The van der Waals surface area contributed by atoms with E-state index in [1.165, 1.54) is 11.1 Å². The predicted molar refractivity (Wildman–Crippen MR) is 101 cm³/mol. The van der Waals surface area contributed by atoms with Crippen LogP contribution in [0.2, 0.25) is 0 Å². The molecule has 0 fully saturated rings. The predicted octanol–water partition coefficient (Wildman–Crippen LogP) is 3.58. The molecule has 0 saturated heterocycles. The van der Waals surface area contributed by atoms with Crippen molar-refractivity contribution in [3.8, 4) is 0 Å². The van der Waals surface area contributed by atoms with Crippen molar-refractivity contribution in [2.75, 3.05) is 15.8 Å². The first kappa shape index (κ1) is 17.5. The van der Waals surface area contributed by atoms with Crippen LogP contribution in [0.15, 0.2) is 42.5 Å². The number of hydrogen-bond acceptors (Lipinski definition) is 3. The smallest absolute Gasteiger partial charge is 0.255 e. The molecule has 0 heterocycles. The van der Waals surface area contributed by atoms with Crippen molar-refractivity contribution in [3.05, 3.63) is 59.2 Å². The van der Waals surface area contributed by atoms with E-state index in [0.717, 1.165) is 24.9 Å². The lowest BCUT2D eigenvalue weighted by atomic mass is 10.1. The summed E-state index contributed by atoms with van der Waals surface area (Å²) in [5, 5.41) is 2.89. The third-order valence-corrected chi connectivity index (χ3v) is 5.72. The van der Waals surface area contributed by atoms with Crippen molar-refractivity contribution in [1.82, 2.24) is 0 Å². The number of rotatable bonds is 6. The Labute approximate surface area is 148 Å². The largest absolute Gasteiger partial charge is 0.322 e. The summed E-state index contributed by atoms with van der Waals surface area (Å²) in [4.78, 5) is 12.5. The molecule has 0 radical (unpaired) electrons. The summed E-state index contributed by atoms with van der Waals surface area (Å²) in [6.07, 6.45) is 3.85. The number of carbonyl (C=O) groups excluding carboxylic acids is 1. The summed E-state index contributed by atoms with van der Waals surface area (Å²) in [7, 11) is -3.37. The Kier molecular flexibility index (Phi) is 5.08. The number of fused-ring (bicyclic) bond motifs is 1. The van der Waals surface area contributed by atoms with Gasteiger partial charge in [0.05, 0.1) is 5.75 Å². The maximum Gasteiger partial charge on any atom is 0.255 e. The van der Waals surface area contributed by atoms with Crippen molar-refractivity contribution >= 4 is 27.3 Å². The quantitative estimate of drug-likeness (QED) is 0.829. The van der Waals surface area contributed by atoms with Gasteiger partial charge in [-0.05, 0) is 67.1 Å². The number of aryl methyl sites for hydroxylation is 2. The molecule has 2 N–H and O–H groups in total. The second-order valence-corrected chi connectivity index (χ2v) is 8.13. The van der Waals surface area contributed by atoms with Crippen LogP contribution in [0.5, 0.6) is 0 Å². The van der Waals surface area contributed by atoms with Gasteiger partial charge < -0.3 is 5.32 Å². The molecule has 0 spiro atoms. The third kappa shape index (κ3) is 4.39. The van der Waals surface area contributed by atoms with Crippen LogP contribution in [-0.2, 0) is 22.9 Å². The standard InChI is InChI=1S/C19H22N2O3S/c1-2-11-25(23,24)21-18-8-4-7-16(13-18)19(22)20-17-10-9-14-5-3-6-15(14)12-17/h4,7-10,12-13,21H,2-3,5-6,11H2,1H3,(H,20,22). The van der Waals surface area contributed by atoms with Crippen molar-refractivity contribution < 1.29 is 13.2 Å². The van der Waals surface area contributed by atoms with Gasteiger partial charge in [-0.1, -0.05) is 19.1 Å². The van der Waals surface area contributed by atoms with Crippen LogP contribution in [0.1, 0.15) is 41.3 Å². The van der Waals surface area contributed by atoms with Crippen LogP contribution >= 0.6 is 0 Å². The molecule has 6 heteroatoms. The monoisotopic (exact) mass is 358 g/mol. The fourth-order valence-electron chi connectivity index (χ4n) is 3.08. The Morgan fingerprint density at radius 2 is 1.84 bits per heavy atom. The van der Waals surface area contributed by atoms with Gasteiger partial charge in [0.25, 0.3) is 5.91 Å². The van der Waals surface area contributed by atoms with Gasteiger partial charge in [-0.2, -0.15) is 0 Å². The van der Waals surface area contributed by atoms with E-state index in [2.05, 4.69) is 16.1 Å². The SMILES string of the molecule is CCCS(=O)(=O)Nc1cccc(C(=O)Nc2ccc3c(c2)CCC3)c1. The number of nitrogens with one attached hydrogen (secondary N) is 2. The summed E-state index contributed by atoms with van der Waals surface area (Å²) in [5.41, 5.74) is 4.22. The first-order valence-corrected chi connectivity index (χ1v) is 10.2. The Morgan fingerprint density at radius 3 is 2.64 bits per heavy atom. The van der Waals surface area contributed by atoms with Gasteiger partial charge in [-0.25, -0.2) is 8.42 Å². The molecule has 5 nitrogen and oxygen atoms in total. The molecule has 1 aliphatic carbocycles. The normalized spacial score (nSPS) is 13.3. The Balaban J connectivity index is 1.73. The number of amides is 1. The van der Waals surface area contributed by atoms with Crippen molar-refractivity contribution in [2.45, 2.75) is 32.6 Å². The second kappa shape index (κ2) is 7.27. The summed E-state index contributed by atoms with van der Waals surface area (Å²) in [6, 6.07) is 12.5.